The Morgan fingerprint density at radius 1 is 1.37 bits per heavy atom. The number of rotatable bonds is 5. The molecular weight excluding hydrogens is 265 g/mol. The number of aliphatic hydroxyl groups excluding tert-OH is 1. The molecule has 0 saturated heterocycles. The van der Waals surface area contributed by atoms with E-state index >= 15 is 0 Å². The molecule has 0 heterocycles. The second-order valence-corrected chi connectivity index (χ2v) is 3.53. The summed E-state index contributed by atoms with van der Waals surface area (Å²) < 4.78 is 47.6. The fourth-order valence-electron chi connectivity index (χ4n) is 1.47. The molecule has 0 fully saturated rings. The van der Waals surface area contributed by atoms with Crippen LogP contribution in [0.3, 0.4) is 0 Å². The van der Waals surface area contributed by atoms with Crippen LogP contribution < -0.4 is 4.74 Å². The fraction of sp³-hybridized carbons (Fsp3) is 0.417. The van der Waals surface area contributed by atoms with Crippen LogP contribution in [0.1, 0.15) is 18.1 Å². The molecule has 106 valence electrons. The van der Waals surface area contributed by atoms with Gasteiger partial charge >= 0.3 is 12.1 Å². The Morgan fingerprint density at radius 2 is 2.05 bits per heavy atom. The minimum absolute atomic E-state index is 0.150. The van der Waals surface area contributed by atoms with Gasteiger partial charge in [0.05, 0.1) is 18.8 Å². The van der Waals surface area contributed by atoms with Gasteiger partial charge in [0.15, 0.2) is 6.61 Å². The number of hydrogen-bond donors (Lipinski definition) is 1. The highest BCUT2D eigenvalue weighted by Crippen LogP contribution is 2.35. The normalized spacial score (nSPS) is 11.2. The molecule has 0 spiro atoms. The van der Waals surface area contributed by atoms with Gasteiger partial charge in [0, 0.05) is 5.56 Å². The molecule has 19 heavy (non-hydrogen) atoms. The van der Waals surface area contributed by atoms with E-state index in [9.17, 15) is 18.0 Å². The first kappa shape index (κ1) is 15.3. The first-order valence-corrected chi connectivity index (χ1v) is 5.48. The summed E-state index contributed by atoms with van der Waals surface area (Å²) in [5, 5.41) is 9.04. The van der Waals surface area contributed by atoms with Crippen LogP contribution >= 0.6 is 0 Å². The second-order valence-electron chi connectivity index (χ2n) is 3.53. The Bertz CT molecular complexity index is 443. The summed E-state index contributed by atoms with van der Waals surface area (Å²) in [6, 6.07) is 3.23. The van der Waals surface area contributed by atoms with Crippen molar-refractivity contribution in [3.63, 3.8) is 0 Å². The van der Waals surface area contributed by atoms with Gasteiger partial charge in [-0.25, -0.2) is 4.79 Å². The van der Waals surface area contributed by atoms with E-state index in [4.69, 9.17) is 9.84 Å². The lowest BCUT2D eigenvalue weighted by molar-refractivity contribution is -0.145. The molecule has 0 saturated carbocycles. The number of carbonyl (C=O) groups is 1. The first-order valence-electron chi connectivity index (χ1n) is 5.48. The van der Waals surface area contributed by atoms with Crippen molar-refractivity contribution in [1.82, 2.24) is 0 Å². The maximum Gasteiger partial charge on any atom is 0.416 e. The Balaban J connectivity index is 2.93. The molecule has 0 radical (unpaired) electrons. The topological polar surface area (TPSA) is 55.8 Å². The van der Waals surface area contributed by atoms with Crippen LogP contribution in [0.5, 0.6) is 5.75 Å². The molecule has 0 amide bonds. The monoisotopic (exact) mass is 278 g/mol. The predicted octanol–water partition coefficient (Wildman–Crippen LogP) is 2.14. The lowest BCUT2D eigenvalue weighted by atomic mass is 10.1. The van der Waals surface area contributed by atoms with E-state index in [1.54, 1.807) is 6.92 Å². The smallest absolute Gasteiger partial charge is 0.416 e. The molecule has 0 aromatic heterocycles. The van der Waals surface area contributed by atoms with Crippen molar-refractivity contribution in [2.75, 3.05) is 13.2 Å². The van der Waals surface area contributed by atoms with Crippen molar-refractivity contribution < 1.29 is 32.5 Å². The van der Waals surface area contributed by atoms with Gasteiger partial charge in [-0.1, -0.05) is 6.07 Å². The summed E-state index contributed by atoms with van der Waals surface area (Å²) in [6.45, 7) is 0.398. The van der Waals surface area contributed by atoms with Gasteiger partial charge in [-0.15, -0.1) is 0 Å². The Morgan fingerprint density at radius 3 is 2.58 bits per heavy atom. The molecule has 0 aliphatic rings. The fourth-order valence-corrected chi connectivity index (χ4v) is 1.47. The van der Waals surface area contributed by atoms with E-state index in [1.807, 2.05) is 0 Å². The summed E-state index contributed by atoms with van der Waals surface area (Å²) in [5.41, 5.74) is -1.39. The van der Waals surface area contributed by atoms with Crippen molar-refractivity contribution in [3.8, 4) is 5.75 Å². The van der Waals surface area contributed by atoms with Crippen molar-refractivity contribution in [3.05, 3.63) is 29.3 Å². The maximum atomic E-state index is 12.7. The van der Waals surface area contributed by atoms with Crippen LogP contribution in [0.15, 0.2) is 18.2 Å². The van der Waals surface area contributed by atoms with E-state index in [1.165, 1.54) is 6.07 Å². The van der Waals surface area contributed by atoms with Crippen molar-refractivity contribution in [1.29, 1.82) is 0 Å². The second kappa shape index (κ2) is 6.42. The average Bonchev–Trinajstić information content (AvgIpc) is 2.35. The van der Waals surface area contributed by atoms with Crippen LogP contribution in [0, 0.1) is 0 Å². The standard InChI is InChI=1S/C12H13F3O4/c1-2-18-11(17)7-19-10-5-3-4-9(8(10)6-16)12(13,14)15/h3-5,16H,2,6-7H2,1H3. The number of aliphatic hydroxyl groups is 1. The highest BCUT2D eigenvalue weighted by molar-refractivity contribution is 5.71. The molecule has 1 aromatic rings. The van der Waals surface area contributed by atoms with E-state index < -0.39 is 36.5 Å². The lowest BCUT2D eigenvalue weighted by Crippen LogP contribution is -2.16. The Kier molecular flexibility index (Phi) is 5.17. The third kappa shape index (κ3) is 4.13. The van der Waals surface area contributed by atoms with Crippen LogP contribution in [0.25, 0.3) is 0 Å². The molecule has 0 unspecified atom stereocenters. The molecular formula is C12H13F3O4. The third-order valence-corrected chi connectivity index (χ3v) is 2.25. The lowest BCUT2D eigenvalue weighted by Gasteiger charge is -2.15. The molecule has 0 aliphatic heterocycles. The van der Waals surface area contributed by atoms with Crippen molar-refractivity contribution >= 4 is 5.97 Å². The summed E-state index contributed by atoms with van der Waals surface area (Å²) in [5.74, 6) is -0.880. The Hall–Kier alpha value is -1.76. The van der Waals surface area contributed by atoms with E-state index in [0.29, 0.717) is 0 Å². The molecule has 7 heteroatoms. The van der Waals surface area contributed by atoms with Crippen LogP contribution in [-0.2, 0) is 22.3 Å². The van der Waals surface area contributed by atoms with Gasteiger partial charge in [0.25, 0.3) is 0 Å². The number of benzene rings is 1. The highest BCUT2D eigenvalue weighted by atomic mass is 19.4. The summed E-state index contributed by atoms with van der Waals surface area (Å²) in [7, 11) is 0. The van der Waals surface area contributed by atoms with Gasteiger partial charge in [-0.05, 0) is 19.1 Å². The number of esters is 1. The van der Waals surface area contributed by atoms with Gasteiger partial charge in [0.2, 0.25) is 0 Å². The van der Waals surface area contributed by atoms with E-state index in [2.05, 4.69) is 4.74 Å². The van der Waals surface area contributed by atoms with Crippen molar-refractivity contribution in [2.45, 2.75) is 19.7 Å². The molecule has 4 nitrogen and oxygen atoms in total. The largest absolute Gasteiger partial charge is 0.482 e. The molecule has 0 aliphatic carbocycles. The van der Waals surface area contributed by atoms with Crippen LogP contribution in [0.2, 0.25) is 0 Å². The van der Waals surface area contributed by atoms with E-state index in [-0.39, 0.29) is 12.4 Å². The number of ether oxygens (including phenoxy) is 2. The molecule has 0 bridgehead atoms. The van der Waals surface area contributed by atoms with Gasteiger partial charge in [-0.3, -0.25) is 0 Å². The zero-order valence-corrected chi connectivity index (χ0v) is 10.2. The average molecular weight is 278 g/mol. The van der Waals surface area contributed by atoms with Crippen LogP contribution in [-0.4, -0.2) is 24.3 Å². The summed E-state index contributed by atoms with van der Waals surface area (Å²) >= 11 is 0. The Labute approximate surface area is 107 Å². The molecule has 1 N–H and O–H groups in total. The van der Waals surface area contributed by atoms with Crippen molar-refractivity contribution in [2.24, 2.45) is 0 Å². The molecule has 1 rings (SSSR count). The van der Waals surface area contributed by atoms with E-state index in [0.717, 1.165) is 12.1 Å². The predicted molar refractivity (Wildman–Crippen MR) is 59.5 cm³/mol. The number of carbonyl (C=O) groups excluding carboxylic acids is 1. The number of halogens is 3. The minimum atomic E-state index is -4.60. The van der Waals surface area contributed by atoms with Gasteiger partial charge in [-0.2, -0.15) is 13.2 Å². The zero-order chi connectivity index (χ0) is 14.5. The van der Waals surface area contributed by atoms with Crippen LogP contribution in [0.4, 0.5) is 13.2 Å². The maximum absolute atomic E-state index is 12.7. The highest BCUT2D eigenvalue weighted by Gasteiger charge is 2.34. The molecule has 1 aromatic carbocycles. The number of alkyl halides is 3. The summed E-state index contributed by atoms with van der Waals surface area (Å²) in [6.07, 6.45) is -4.60. The first-order chi connectivity index (χ1) is 8.90. The molecule has 0 atom stereocenters. The third-order valence-electron chi connectivity index (χ3n) is 2.25. The van der Waals surface area contributed by atoms with Gasteiger partial charge in [0.1, 0.15) is 5.75 Å². The number of hydrogen-bond acceptors (Lipinski definition) is 4. The SMILES string of the molecule is CCOC(=O)COc1cccc(C(F)(F)F)c1CO. The zero-order valence-electron chi connectivity index (χ0n) is 10.2. The minimum Gasteiger partial charge on any atom is -0.482 e. The quantitative estimate of drug-likeness (QED) is 0.838. The van der Waals surface area contributed by atoms with Gasteiger partial charge < -0.3 is 14.6 Å². The summed E-state index contributed by atoms with van der Waals surface area (Å²) in [4.78, 5) is 11.1.